The predicted molar refractivity (Wildman–Crippen MR) is 122 cm³/mol. The molecule has 8 nitrogen and oxygen atoms in total. The molecule has 4 aromatic rings. The second kappa shape index (κ2) is 7.83. The number of halogens is 3. The van der Waals surface area contributed by atoms with Crippen molar-refractivity contribution in [3.8, 4) is 22.7 Å². The Labute approximate surface area is 197 Å². The van der Waals surface area contributed by atoms with E-state index in [2.05, 4.69) is 20.5 Å². The number of nitrogens with zero attached hydrogens (tertiary/aromatic N) is 5. The van der Waals surface area contributed by atoms with Crippen molar-refractivity contribution in [1.29, 1.82) is 0 Å². The van der Waals surface area contributed by atoms with Crippen molar-refractivity contribution in [2.45, 2.75) is 18.8 Å². The molecule has 0 saturated carbocycles. The highest BCUT2D eigenvalue weighted by Crippen LogP contribution is 2.45. The van der Waals surface area contributed by atoms with Gasteiger partial charge in [0.15, 0.2) is 5.82 Å². The van der Waals surface area contributed by atoms with Gasteiger partial charge in [-0.05, 0) is 36.4 Å². The van der Waals surface area contributed by atoms with Crippen molar-refractivity contribution in [2.75, 3.05) is 21.7 Å². The number of urea groups is 1. The molecular formula is C24H17F3N6O2. The second-order valence-corrected chi connectivity index (χ2v) is 8.16. The van der Waals surface area contributed by atoms with E-state index >= 15 is 0 Å². The van der Waals surface area contributed by atoms with Gasteiger partial charge in [-0.1, -0.05) is 35.4 Å². The summed E-state index contributed by atoms with van der Waals surface area (Å²) < 4.78 is 45.2. The van der Waals surface area contributed by atoms with E-state index in [1.807, 2.05) is 23.1 Å². The summed E-state index contributed by atoms with van der Waals surface area (Å²) in [6, 6.07) is 16.9. The van der Waals surface area contributed by atoms with Crippen LogP contribution in [0.3, 0.4) is 0 Å². The number of fused-ring (bicyclic) bond motifs is 3. The Balaban J connectivity index is 1.30. The number of amides is 2. The molecule has 2 aromatic carbocycles. The summed E-state index contributed by atoms with van der Waals surface area (Å²) in [6.45, 7) is 0.741. The van der Waals surface area contributed by atoms with Gasteiger partial charge in [0.2, 0.25) is 5.89 Å². The minimum absolute atomic E-state index is 0.0674. The van der Waals surface area contributed by atoms with Crippen molar-refractivity contribution in [1.82, 2.24) is 15.2 Å². The maximum atomic E-state index is 13.2. The largest absolute Gasteiger partial charge is 0.416 e. The van der Waals surface area contributed by atoms with Crippen LogP contribution in [0, 0.1) is 0 Å². The van der Waals surface area contributed by atoms with E-state index in [0.29, 0.717) is 22.6 Å². The quantitative estimate of drug-likeness (QED) is 0.424. The molecule has 2 amide bonds. The molecule has 0 spiro atoms. The Bertz CT molecular complexity index is 1420. The number of hydrogen-bond acceptors (Lipinski definition) is 6. The molecule has 2 aliphatic heterocycles. The Morgan fingerprint density at radius 1 is 1.00 bits per heavy atom. The van der Waals surface area contributed by atoms with Crippen molar-refractivity contribution in [3.63, 3.8) is 0 Å². The maximum Gasteiger partial charge on any atom is 0.416 e. The monoisotopic (exact) mass is 478 g/mol. The fourth-order valence-electron chi connectivity index (χ4n) is 4.28. The molecule has 1 saturated heterocycles. The van der Waals surface area contributed by atoms with Crippen molar-refractivity contribution < 1.29 is 22.4 Å². The van der Waals surface area contributed by atoms with Crippen LogP contribution >= 0.6 is 0 Å². The molecule has 0 radical (unpaired) electrons. The Hall–Kier alpha value is -4.41. The molecule has 1 atom stereocenters. The summed E-state index contributed by atoms with van der Waals surface area (Å²) >= 11 is 0. The zero-order chi connectivity index (χ0) is 24.2. The van der Waals surface area contributed by atoms with E-state index in [-0.39, 0.29) is 18.1 Å². The second-order valence-electron chi connectivity index (χ2n) is 8.16. The van der Waals surface area contributed by atoms with Crippen LogP contribution in [-0.4, -0.2) is 33.9 Å². The van der Waals surface area contributed by atoms with Crippen molar-refractivity contribution >= 4 is 23.6 Å². The fraction of sp³-hybridized carbons (Fsp3) is 0.167. The zero-order valence-electron chi connectivity index (χ0n) is 18.0. The van der Waals surface area contributed by atoms with Gasteiger partial charge < -0.3 is 9.32 Å². The zero-order valence-corrected chi connectivity index (χ0v) is 18.0. The Kier molecular flexibility index (Phi) is 4.73. The molecule has 4 heterocycles. The fourth-order valence-corrected chi connectivity index (χ4v) is 4.28. The third-order valence-corrected chi connectivity index (χ3v) is 6.04. The number of carbonyl (C=O) groups is 1. The highest BCUT2D eigenvalue weighted by Gasteiger charge is 2.46. The first-order valence-electron chi connectivity index (χ1n) is 10.8. The highest BCUT2D eigenvalue weighted by atomic mass is 19.4. The molecule has 0 aliphatic carbocycles. The van der Waals surface area contributed by atoms with Crippen LogP contribution in [0.15, 0.2) is 71.1 Å². The smallest absolute Gasteiger partial charge is 0.403 e. The van der Waals surface area contributed by atoms with E-state index < -0.39 is 17.8 Å². The number of benzene rings is 2. The first kappa shape index (κ1) is 21.1. The summed E-state index contributed by atoms with van der Waals surface area (Å²) in [5.74, 6) is 0.626. The number of rotatable bonds is 3. The minimum atomic E-state index is -4.47. The number of alkyl halides is 3. The topological polar surface area (TPSA) is 87.4 Å². The molecule has 1 unspecified atom stereocenters. The minimum Gasteiger partial charge on any atom is -0.403 e. The first-order valence-corrected chi connectivity index (χ1v) is 10.8. The van der Waals surface area contributed by atoms with Gasteiger partial charge in [0, 0.05) is 24.1 Å². The average Bonchev–Trinajstić information content (AvgIpc) is 3.38. The van der Waals surface area contributed by atoms with Crippen LogP contribution in [0.1, 0.15) is 12.0 Å². The van der Waals surface area contributed by atoms with Gasteiger partial charge in [0.1, 0.15) is 6.17 Å². The van der Waals surface area contributed by atoms with Crippen LogP contribution in [0.4, 0.5) is 35.5 Å². The number of aromatic nitrogens is 3. The van der Waals surface area contributed by atoms with Crippen molar-refractivity contribution in [3.05, 3.63) is 72.3 Å². The van der Waals surface area contributed by atoms with Crippen LogP contribution in [0.25, 0.3) is 22.7 Å². The van der Waals surface area contributed by atoms with Crippen LogP contribution in [0.5, 0.6) is 0 Å². The standard InChI is InChI=1S/C24H17F3N6O2/c25-24(26,27)16-8-4-7-15(13-16)17-9-10-18-20(28-17)33(19-11-12-32(18)19)23(34)29-22-31-30-21(35-22)14-5-2-1-3-6-14/h1-10,13,19H,11-12H2,(H,29,31,34). The third-order valence-electron chi connectivity index (χ3n) is 6.04. The van der Waals surface area contributed by atoms with Gasteiger partial charge in [0.25, 0.3) is 0 Å². The van der Waals surface area contributed by atoms with Gasteiger partial charge in [-0.15, -0.1) is 5.10 Å². The molecule has 1 N–H and O–H groups in total. The first-order chi connectivity index (χ1) is 16.9. The predicted octanol–water partition coefficient (Wildman–Crippen LogP) is 5.41. The number of pyridine rings is 1. The number of carbonyl (C=O) groups excluding carboxylic acids is 1. The van der Waals surface area contributed by atoms with Gasteiger partial charge in [0.05, 0.1) is 16.9 Å². The summed E-state index contributed by atoms with van der Waals surface area (Å²) in [5.41, 5.74) is 1.33. The van der Waals surface area contributed by atoms with E-state index in [1.165, 1.54) is 11.0 Å². The molecular weight excluding hydrogens is 461 g/mol. The number of nitrogens with one attached hydrogen (secondary N) is 1. The van der Waals surface area contributed by atoms with Gasteiger partial charge in [-0.25, -0.2) is 9.78 Å². The lowest BCUT2D eigenvalue weighted by Gasteiger charge is -2.39. The van der Waals surface area contributed by atoms with E-state index in [4.69, 9.17) is 4.42 Å². The van der Waals surface area contributed by atoms with Crippen LogP contribution < -0.4 is 15.1 Å². The molecule has 6 rings (SSSR count). The van der Waals surface area contributed by atoms with E-state index in [1.54, 1.807) is 30.3 Å². The Morgan fingerprint density at radius 3 is 2.54 bits per heavy atom. The summed E-state index contributed by atoms with van der Waals surface area (Å²) in [7, 11) is 0. The Morgan fingerprint density at radius 2 is 1.80 bits per heavy atom. The van der Waals surface area contributed by atoms with Crippen LogP contribution in [-0.2, 0) is 6.18 Å². The summed E-state index contributed by atoms with van der Waals surface area (Å²) in [6.07, 6.45) is -3.99. The van der Waals surface area contributed by atoms with Crippen molar-refractivity contribution in [2.24, 2.45) is 0 Å². The molecule has 2 aliphatic rings. The van der Waals surface area contributed by atoms with Gasteiger partial charge in [-0.3, -0.25) is 10.2 Å². The van der Waals surface area contributed by atoms with E-state index in [0.717, 1.165) is 30.8 Å². The number of hydrogen-bond donors (Lipinski definition) is 1. The maximum absolute atomic E-state index is 13.2. The summed E-state index contributed by atoms with van der Waals surface area (Å²) in [4.78, 5) is 21.3. The lowest BCUT2D eigenvalue weighted by Crippen LogP contribution is -2.56. The molecule has 0 bridgehead atoms. The number of anilines is 3. The normalized spacial score (nSPS) is 16.5. The lowest BCUT2D eigenvalue weighted by molar-refractivity contribution is -0.137. The van der Waals surface area contributed by atoms with Gasteiger partial charge >= 0.3 is 18.2 Å². The molecule has 176 valence electrons. The lowest BCUT2D eigenvalue weighted by atomic mass is 10.1. The summed E-state index contributed by atoms with van der Waals surface area (Å²) in [5, 5.41) is 10.5. The third kappa shape index (κ3) is 3.65. The molecule has 35 heavy (non-hydrogen) atoms. The van der Waals surface area contributed by atoms with E-state index in [9.17, 15) is 18.0 Å². The molecule has 11 heteroatoms. The molecule has 1 fully saturated rings. The highest BCUT2D eigenvalue weighted by molar-refractivity contribution is 6.05. The average molecular weight is 478 g/mol. The SMILES string of the molecule is O=C(Nc1nnc(-c2ccccc2)o1)N1c2nc(-c3cccc(C(F)(F)F)c3)ccc2N2CCC21. The van der Waals surface area contributed by atoms with Gasteiger partial charge in [-0.2, -0.15) is 13.2 Å². The van der Waals surface area contributed by atoms with Crippen LogP contribution in [0.2, 0.25) is 0 Å². The molecule has 2 aromatic heterocycles.